The van der Waals surface area contributed by atoms with Crippen molar-refractivity contribution in [2.45, 2.75) is 40.7 Å². The van der Waals surface area contributed by atoms with Crippen LogP contribution < -0.4 is 15.8 Å². The van der Waals surface area contributed by atoms with Crippen LogP contribution in [0.4, 0.5) is 5.69 Å². The predicted molar refractivity (Wildman–Crippen MR) is 135 cm³/mol. The number of methoxy groups -OCH3 is 1. The molecule has 0 aliphatic carbocycles. The van der Waals surface area contributed by atoms with Crippen LogP contribution in [0.2, 0.25) is 0 Å². The first-order valence-corrected chi connectivity index (χ1v) is 11.6. The van der Waals surface area contributed by atoms with Crippen LogP contribution in [0.5, 0.6) is 5.75 Å². The Bertz CT molecular complexity index is 1150. The summed E-state index contributed by atoms with van der Waals surface area (Å²) in [6.45, 7) is 8.79. The summed E-state index contributed by atoms with van der Waals surface area (Å²) in [4.78, 5) is 27.8. The number of aromatic nitrogens is 1. The second-order valence-corrected chi connectivity index (χ2v) is 9.50. The number of hydrogen-bond acceptors (Lipinski definition) is 6. The Labute approximate surface area is 206 Å². The van der Waals surface area contributed by atoms with Gasteiger partial charge in [0, 0.05) is 18.8 Å². The minimum absolute atomic E-state index is 0.125. The standard InChI is InChI=1S/C27H34N4O4/c1-18-25(19(2)35-30-18)26(33)31(17-27(3,4)16-28)15-21-7-6-8-22(13-21)29-24(32)14-20-9-11-23(34-5)12-10-20/h6-13H,14-17,28H2,1-5H3,(H,29,32). The quantitative estimate of drug-likeness (QED) is 0.454. The van der Waals surface area contributed by atoms with E-state index in [9.17, 15) is 9.59 Å². The molecule has 0 fully saturated rings. The van der Waals surface area contributed by atoms with Crippen molar-refractivity contribution < 1.29 is 18.8 Å². The van der Waals surface area contributed by atoms with Crippen molar-refractivity contribution in [2.75, 3.05) is 25.5 Å². The molecule has 0 aliphatic heterocycles. The Hall–Kier alpha value is -3.65. The minimum atomic E-state index is -0.279. The Kier molecular flexibility index (Phi) is 8.30. The van der Waals surface area contributed by atoms with Crippen molar-refractivity contribution in [3.8, 4) is 5.75 Å². The largest absolute Gasteiger partial charge is 0.497 e. The van der Waals surface area contributed by atoms with E-state index in [-0.39, 0.29) is 23.7 Å². The molecule has 3 rings (SSSR count). The maximum Gasteiger partial charge on any atom is 0.259 e. The summed E-state index contributed by atoms with van der Waals surface area (Å²) < 4.78 is 10.4. The van der Waals surface area contributed by atoms with Gasteiger partial charge in [0.25, 0.3) is 5.91 Å². The zero-order valence-corrected chi connectivity index (χ0v) is 21.1. The van der Waals surface area contributed by atoms with Gasteiger partial charge in [-0.15, -0.1) is 0 Å². The molecule has 8 heteroatoms. The van der Waals surface area contributed by atoms with Crippen molar-refractivity contribution in [2.24, 2.45) is 11.1 Å². The van der Waals surface area contributed by atoms with E-state index in [1.54, 1.807) is 25.9 Å². The first kappa shape index (κ1) is 26.0. The zero-order chi connectivity index (χ0) is 25.6. The molecule has 1 aromatic heterocycles. The van der Waals surface area contributed by atoms with Crippen LogP contribution >= 0.6 is 0 Å². The Morgan fingerprint density at radius 3 is 2.43 bits per heavy atom. The third kappa shape index (κ3) is 6.93. The zero-order valence-electron chi connectivity index (χ0n) is 21.1. The molecule has 8 nitrogen and oxygen atoms in total. The number of nitrogens with one attached hydrogen (secondary N) is 1. The number of ether oxygens (including phenoxy) is 1. The van der Waals surface area contributed by atoms with Gasteiger partial charge in [-0.05, 0) is 61.2 Å². The molecule has 2 aromatic carbocycles. The fraction of sp³-hybridized carbons (Fsp3) is 0.370. The van der Waals surface area contributed by atoms with E-state index in [0.29, 0.717) is 42.3 Å². The van der Waals surface area contributed by atoms with Crippen molar-refractivity contribution in [1.82, 2.24) is 10.1 Å². The summed E-state index contributed by atoms with van der Waals surface area (Å²) in [7, 11) is 1.61. The summed E-state index contributed by atoms with van der Waals surface area (Å²) >= 11 is 0. The van der Waals surface area contributed by atoms with Crippen molar-refractivity contribution in [3.05, 3.63) is 76.7 Å². The van der Waals surface area contributed by atoms with Crippen molar-refractivity contribution in [3.63, 3.8) is 0 Å². The number of nitrogens with zero attached hydrogens (tertiary/aromatic N) is 2. The lowest BCUT2D eigenvalue weighted by Crippen LogP contribution is -2.42. The van der Waals surface area contributed by atoms with Gasteiger partial charge < -0.3 is 25.2 Å². The molecule has 0 atom stereocenters. The smallest absolute Gasteiger partial charge is 0.259 e. The number of hydrogen-bond donors (Lipinski definition) is 2. The van der Waals surface area contributed by atoms with E-state index in [1.165, 1.54) is 0 Å². The monoisotopic (exact) mass is 478 g/mol. The number of nitrogens with two attached hydrogens (primary N) is 1. The molecule has 0 unspecified atom stereocenters. The van der Waals surface area contributed by atoms with Crippen LogP contribution in [-0.4, -0.2) is 42.1 Å². The predicted octanol–water partition coefficient (Wildman–Crippen LogP) is 4.11. The van der Waals surface area contributed by atoms with Gasteiger partial charge in [0.05, 0.1) is 19.2 Å². The summed E-state index contributed by atoms with van der Waals surface area (Å²) in [5.74, 6) is 0.954. The minimum Gasteiger partial charge on any atom is -0.497 e. The molecule has 0 bridgehead atoms. The fourth-order valence-corrected chi connectivity index (χ4v) is 3.83. The van der Waals surface area contributed by atoms with E-state index in [2.05, 4.69) is 10.5 Å². The lowest BCUT2D eigenvalue weighted by molar-refractivity contribution is -0.115. The molecule has 0 aliphatic rings. The molecular weight excluding hydrogens is 444 g/mol. The number of amides is 2. The van der Waals surface area contributed by atoms with Crippen LogP contribution in [0.15, 0.2) is 53.1 Å². The Morgan fingerprint density at radius 2 is 1.83 bits per heavy atom. The van der Waals surface area contributed by atoms with Gasteiger partial charge in [0.2, 0.25) is 5.91 Å². The van der Waals surface area contributed by atoms with Crippen molar-refractivity contribution in [1.29, 1.82) is 0 Å². The molecule has 186 valence electrons. The first-order chi connectivity index (χ1) is 16.6. The molecule has 1 heterocycles. The first-order valence-electron chi connectivity index (χ1n) is 11.6. The van der Waals surface area contributed by atoms with E-state index < -0.39 is 0 Å². The summed E-state index contributed by atoms with van der Waals surface area (Å²) in [5.41, 5.74) is 9.16. The van der Waals surface area contributed by atoms with Crippen LogP contribution in [0, 0.1) is 19.3 Å². The molecule has 0 spiro atoms. The molecule has 35 heavy (non-hydrogen) atoms. The van der Waals surface area contributed by atoms with E-state index >= 15 is 0 Å². The number of aryl methyl sites for hydroxylation is 2. The Balaban J connectivity index is 1.75. The topological polar surface area (TPSA) is 111 Å². The lowest BCUT2D eigenvalue weighted by atomic mass is 9.92. The third-order valence-corrected chi connectivity index (χ3v) is 5.81. The summed E-state index contributed by atoms with van der Waals surface area (Å²) in [6, 6.07) is 14.9. The van der Waals surface area contributed by atoms with Gasteiger partial charge in [-0.3, -0.25) is 9.59 Å². The SMILES string of the molecule is COc1ccc(CC(=O)Nc2cccc(CN(CC(C)(C)CN)C(=O)c3c(C)noc3C)c2)cc1. The average molecular weight is 479 g/mol. The van der Waals surface area contributed by atoms with Crippen LogP contribution in [-0.2, 0) is 17.8 Å². The van der Waals surface area contributed by atoms with Gasteiger partial charge in [0.1, 0.15) is 17.1 Å². The normalized spacial score (nSPS) is 11.3. The highest BCUT2D eigenvalue weighted by atomic mass is 16.5. The molecule has 0 saturated carbocycles. The summed E-state index contributed by atoms with van der Waals surface area (Å²) in [5, 5.41) is 6.88. The number of anilines is 1. The number of carbonyl (C=O) groups excluding carboxylic acids is 2. The van der Waals surface area contributed by atoms with Gasteiger partial charge in [-0.1, -0.05) is 43.3 Å². The molecule has 3 aromatic rings. The highest BCUT2D eigenvalue weighted by Gasteiger charge is 2.28. The lowest BCUT2D eigenvalue weighted by Gasteiger charge is -2.32. The van der Waals surface area contributed by atoms with E-state index in [1.807, 2.05) is 62.4 Å². The number of benzene rings is 2. The van der Waals surface area contributed by atoms with Crippen LogP contribution in [0.25, 0.3) is 0 Å². The highest BCUT2D eigenvalue weighted by molar-refractivity contribution is 5.96. The van der Waals surface area contributed by atoms with E-state index in [4.69, 9.17) is 15.0 Å². The van der Waals surface area contributed by atoms with Crippen molar-refractivity contribution >= 4 is 17.5 Å². The summed E-state index contributed by atoms with van der Waals surface area (Å²) in [6.07, 6.45) is 0.246. The van der Waals surface area contributed by atoms with Gasteiger partial charge in [0.15, 0.2) is 0 Å². The fourth-order valence-electron chi connectivity index (χ4n) is 3.83. The van der Waals surface area contributed by atoms with Gasteiger partial charge in [-0.2, -0.15) is 0 Å². The van der Waals surface area contributed by atoms with Gasteiger partial charge in [-0.25, -0.2) is 0 Å². The van der Waals surface area contributed by atoms with E-state index in [0.717, 1.165) is 16.9 Å². The van der Waals surface area contributed by atoms with Gasteiger partial charge >= 0.3 is 0 Å². The second kappa shape index (κ2) is 11.2. The molecule has 0 saturated heterocycles. The highest BCUT2D eigenvalue weighted by Crippen LogP contribution is 2.23. The second-order valence-electron chi connectivity index (χ2n) is 9.50. The molecule has 3 N–H and O–H groups in total. The Morgan fingerprint density at radius 1 is 1.11 bits per heavy atom. The number of rotatable bonds is 10. The maximum absolute atomic E-state index is 13.5. The molecular formula is C27H34N4O4. The van der Waals surface area contributed by atoms with Crippen LogP contribution in [0.1, 0.15) is 46.8 Å². The van der Waals surface area contributed by atoms with Crippen LogP contribution in [0.3, 0.4) is 0 Å². The third-order valence-electron chi connectivity index (χ3n) is 5.81. The average Bonchev–Trinajstić information content (AvgIpc) is 3.16. The number of carbonyl (C=O) groups is 2. The maximum atomic E-state index is 13.5. The molecule has 0 radical (unpaired) electrons. The molecule has 2 amide bonds.